The first-order valence-electron chi connectivity index (χ1n) is 9.97. The molecular formula is C26H28N2O. The van der Waals surface area contributed by atoms with Crippen LogP contribution in [-0.4, -0.2) is 12.1 Å². The summed E-state index contributed by atoms with van der Waals surface area (Å²) >= 11 is 0. The molecule has 1 heterocycles. The molecule has 3 heteroatoms. The van der Waals surface area contributed by atoms with Gasteiger partial charge in [0, 0.05) is 24.6 Å². The zero-order valence-electron chi connectivity index (χ0n) is 16.9. The van der Waals surface area contributed by atoms with E-state index in [0.717, 1.165) is 18.0 Å². The molecule has 0 bridgehead atoms. The van der Waals surface area contributed by atoms with Crippen LogP contribution in [0.5, 0.6) is 5.75 Å². The minimum absolute atomic E-state index is 0.701. The van der Waals surface area contributed by atoms with Gasteiger partial charge in [-0.1, -0.05) is 66.8 Å². The lowest BCUT2D eigenvalue weighted by Crippen LogP contribution is -2.01. The Hall–Kier alpha value is -3.33. The quantitative estimate of drug-likeness (QED) is 0.560. The fraction of sp³-hybridized carbons (Fsp3) is 0.192. The number of ether oxygens (including phenoxy) is 1. The molecule has 4 rings (SSSR count). The minimum Gasteiger partial charge on any atom is -0.497 e. The molecule has 1 unspecified atom stereocenters. The molecule has 2 aromatic carbocycles. The summed E-state index contributed by atoms with van der Waals surface area (Å²) < 4.78 is 5.10. The Morgan fingerprint density at radius 2 is 1.66 bits per heavy atom. The molecule has 0 fully saturated rings. The van der Waals surface area contributed by atoms with E-state index in [-0.39, 0.29) is 0 Å². The Kier molecular flexibility index (Phi) is 8.09. The molecular weight excluding hydrogens is 356 g/mol. The monoisotopic (exact) mass is 384 g/mol. The number of nitrogens with zero attached hydrogens (tertiary/aromatic N) is 1. The molecule has 1 aromatic heterocycles. The second kappa shape index (κ2) is 11.5. The molecule has 1 N–H and O–H groups in total. The maximum atomic E-state index is 5.10. The van der Waals surface area contributed by atoms with Gasteiger partial charge in [0.1, 0.15) is 5.75 Å². The average Bonchev–Trinajstić information content (AvgIpc) is 2.80. The lowest BCUT2D eigenvalue weighted by atomic mass is 9.93. The molecule has 1 aliphatic carbocycles. The van der Waals surface area contributed by atoms with Crippen molar-refractivity contribution in [1.82, 2.24) is 4.98 Å². The van der Waals surface area contributed by atoms with E-state index >= 15 is 0 Å². The standard InChI is InChI=1S/C13H14N2O.C13H14/c1-16-13-4-2-11(3-5-13)10-15-12-6-8-14-9-7-12;1-3-7-12(8-4-1)11-13-9-5-2-6-10-13/h2-9H,10H2,1H3,(H,14,15);1-9,13H,10-11H2. The second-order valence-corrected chi connectivity index (χ2v) is 6.94. The number of pyridine rings is 1. The fourth-order valence-corrected chi connectivity index (χ4v) is 3.12. The molecule has 0 aliphatic heterocycles. The normalized spacial score (nSPS) is 14.6. The van der Waals surface area contributed by atoms with Crippen molar-refractivity contribution in [2.24, 2.45) is 5.92 Å². The van der Waals surface area contributed by atoms with Crippen LogP contribution in [0.1, 0.15) is 17.5 Å². The van der Waals surface area contributed by atoms with Crippen LogP contribution >= 0.6 is 0 Å². The number of aromatic nitrogens is 1. The number of rotatable bonds is 6. The highest BCUT2D eigenvalue weighted by Gasteiger charge is 2.05. The molecule has 3 aromatic rings. The van der Waals surface area contributed by atoms with Crippen LogP contribution in [0.25, 0.3) is 0 Å². The number of hydrogen-bond donors (Lipinski definition) is 1. The predicted molar refractivity (Wildman–Crippen MR) is 121 cm³/mol. The molecule has 1 atom stereocenters. The summed E-state index contributed by atoms with van der Waals surface area (Å²) in [6, 6.07) is 22.6. The summed E-state index contributed by atoms with van der Waals surface area (Å²) in [6.45, 7) is 0.800. The Balaban J connectivity index is 0.000000169. The SMILES string of the molecule is C1=CCC(Cc2ccccc2)C=C1.COc1ccc(CNc2ccncc2)cc1. The topological polar surface area (TPSA) is 34.1 Å². The molecule has 1 aliphatic rings. The Bertz CT molecular complexity index is 887. The maximum absolute atomic E-state index is 5.10. The Morgan fingerprint density at radius 1 is 0.897 bits per heavy atom. The zero-order chi connectivity index (χ0) is 20.2. The molecule has 148 valence electrons. The van der Waals surface area contributed by atoms with Crippen molar-refractivity contribution < 1.29 is 4.74 Å². The molecule has 0 amide bonds. The van der Waals surface area contributed by atoms with E-state index < -0.39 is 0 Å². The number of methoxy groups -OCH3 is 1. The van der Waals surface area contributed by atoms with Crippen LogP contribution < -0.4 is 10.1 Å². The molecule has 3 nitrogen and oxygen atoms in total. The maximum Gasteiger partial charge on any atom is 0.118 e. The second-order valence-electron chi connectivity index (χ2n) is 6.94. The van der Waals surface area contributed by atoms with Gasteiger partial charge in [0.2, 0.25) is 0 Å². The molecule has 0 radical (unpaired) electrons. The minimum atomic E-state index is 0.701. The van der Waals surface area contributed by atoms with Crippen LogP contribution in [0.3, 0.4) is 0 Å². The first-order valence-corrected chi connectivity index (χ1v) is 9.97. The largest absolute Gasteiger partial charge is 0.497 e. The summed E-state index contributed by atoms with van der Waals surface area (Å²) in [5.74, 6) is 1.58. The van der Waals surface area contributed by atoms with Gasteiger partial charge in [-0.3, -0.25) is 4.98 Å². The van der Waals surface area contributed by atoms with Gasteiger partial charge in [-0.25, -0.2) is 0 Å². The number of anilines is 1. The van der Waals surface area contributed by atoms with Gasteiger partial charge in [0.15, 0.2) is 0 Å². The van der Waals surface area contributed by atoms with E-state index in [2.05, 4.69) is 64.9 Å². The van der Waals surface area contributed by atoms with E-state index in [0.29, 0.717) is 5.92 Å². The molecule has 29 heavy (non-hydrogen) atoms. The van der Waals surface area contributed by atoms with Gasteiger partial charge in [-0.2, -0.15) is 0 Å². The highest BCUT2D eigenvalue weighted by atomic mass is 16.5. The molecule has 0 saturated carbocycles. The molecule has 0 saturated heterocycles. The van der Waals surface area contributed by atoms with Gasteiger partial charge in [0.05, 0.1) is 7.11 Å². The molecule has 0 spiro atoms. The van der Waals surface area contributed by atoms with Gasteiger partial charge in [0.25, 0.3) is 0 Å². The van der Waals surface area contributed by atoms with Gasteiger partial charge in [-0.05, 0) is 54.2 Å². The van der Waals surface area contributed by atoms with Gasteiger partial charge >= 0.3 is 0 Å². The number of nitrogens with one attached hydrogen (secondary N) is 1. The smallest absolute Gasteiger partial charge is 0.118 e. The van der Waals surface area contributed by atoms with Crippen molar-refractivity contribution in [2.45, 2.75) is 19.4 Å². The Morgan fingerprint density at radius 3 is 2.31 bits per heavy atom. The van der Waals surface area contributed by atoms with E-state index in [1.54, 1.807) is 19.5 Å². The van der Waals surface area contributed by atoms with Crippen LogP contribution in [0.2, 0.25) is 0 Å². The summed E-state index contributed by atoms with van der Waals surface area (Å²) in [5, 5.41) is 3.32. The van der Waals surface area contributed by atoms with Crippen molar-refractivity contribution in [3.63, 3.8) is 0 Å². The van der Waals surface area contributed by atoms with Crippen molar-refractivity contribution in [3.05, 3.63) is 115 Å². The summed E-state index contributed by atoms with van der Waals surface area (Å²) in [4.78, 5) is 3.97. The third kappa shape index (κ3) is 7.30. The van der Waals surface area contributed by atoms with E-state index in [4.69, 9.17) is 4.74 Å². The van der Waals surface area contributed by atoms with Gasteiger partial charge < -0.3 is 10.1 Å². The van der Waals surface area contributed by atoms with Crippen LogP contribution in [0.4, 0.5) is 5.69 Å². The van der Waals surface area contributed by atoms with Crippen molar-refractivity contribution in [2.75, 3.05) is 12.4 Å². The van der Waals surface area contributed by atoms with E-state index in [1.807, 2.05) is 36.4 Å². The first kappa shape index (κ1) is 20.4. The van der Waals surface area contributed by atoms with E-state index in [9.17, 15) is 0 Å². The van der Waals surface area contributed by atoms with Crippen molar-refractivity contribution in [1.29, 1.82) is 0 Å². The highest BCUT2D eigenvalue weighted by Crippen LogP contribution is 2.17. The van der Waals surface area contributed by atoms with Crippen molar-refractivity contribution >= 4 is 5.69 Å². The zero-order valence-corrected chi connectivity index (χ0v) is 16.9. The lowest BCUT2D eigenvalue weighted by Gasteiger charge is -2.12. The summed E-state index contributed by atoms with van der Waals surface area (Å²) in [6.07, 6.45) is 14.7. The lowest BCUT2D eigenvalue weighted by molar-refractivity contribution is 0.414. The average molecular weight is 385 g/mol. The third-order valence-electron chi connectivity index (χ3n) is 4.75. The van der Waals surface area contributed by atoms with E-state index in [1.165, 1.54) is 24.0 Å². The van der Waals surface area contributed by atoms with Crippen LogP contribution in [0.15, 0.2) is 103 Å². The highest BCUT2D eigenvalue weighted by molar-refractivity contribution is 5.42. The van der Waals surface area contributed by atoms with Crippen molar-refractivity contribution in [3.8, 4) is 5.75 Å². The predicted octanol–water partition coefficient (Wildman–Crippen LogP) is 6.06. The third-order valence-corrected chi connectivity index (χ3v) is 4.75. The van der Waals surface area contributed by atoms with Crippen LogP contribution in [-0.2, 0) is 13.0 Å². The summed E-state index contributed by atoms with van der Waals surface area (Å²) in [7, 11) is 1.67. The number of hydrogen-bond acceptors (Lipinski definition) is 3. The Labute approximate surface area is 173 Å². The summed E-state index contributed by atoms with van der Waals surface area (Å²) in [5.41, 5.74) is 3.73. The first-order chi connectivity index (χ1) is 14.3. The fourth-order valence-electron chi connectivity index (χ4n) is 3.12. The number of allylic oxidation sites excluding steroid dienone is 4. The van der Waals surface area contributed by atoms with Gasteiger partial charge in [-0.15, -0.1) is 0 Å². The van der Waals surface area contributed by atoms with Crippen LogP contribution in [0, 0.1) is 5.92 Å². The number of benzene rings is 2.